The molecule has 0 saturated carbocycles. The topological polar surface area (TPSA) is 35.5 Å². The van der Waals surface area contributed by atoms with Gasteiger partial charge in [0.15, 0.2) is 0 Å². The number of carbonyl (C=O) groups excluding carboxylic acids is 1. The molecule has 0 amide bonds. The molecule has 0 aliphatic carbocycles. The van der Waals surface area contributed by atoms with Gasteiger partial charge in [-0.15, -0.1) is 11.6 Å². The van der Waals surface area contributed by atoms with Crippen molar-refractivity contribution in [3.8, 4) is 5.75 Å². The van der Waals surface area contributed by atoms with Crippen molar-refractivity contribution in [2.24, 2.45) is 0 Å². The van der Waals surface area contributed by atoms with Crippen molar-refractivity contribution in [3.05, 3.63) is 29.8 Å². The zero-order valence-electron chi connectivity index (χ0n) is 10.3. The Bertz CT molecular complexity index is 370. The number of hydrogen-bond acceptors (Lipinski definition) is 3. The van der Waals surface area contributed by atoms with Crippen LogP contribution in [0.2, 0.25) is 19.6 Å². The molecule has 0 saturated heterocycles. The Kier molecular flexibility index (Phi) is 5.02. The molecule has 0 unspecified atom stereocenters. The summed E-state index contributed by atoms with van der Waals surface area (Å²) in [6.45, 7) is 6.36. The summed E-state index contributed by atoms with van der Waals surface area (Å²) in [5, 5.41) is 0. The maximum atomic E-state index is 11.4. The van der Waals surface area contributed by atoms with Gasteiger partial charge in [-0.2, -0.15) is 0 Å². The summed E-state index contributed by atoms with van der Waals surface area (Å²) in [7, 11) is -1.39. The van der Waals surface area contributed by atoms with E-state index in [2.05, 4.69) is 19.6 Å². The van der Waals surface area contributed by atoms with Crippen LogP contribution in [0.1, 0.15) is 5.56 Å². The molecule has 1 aromatic carbocycles. The second-order valence-corrected chi connectivity index (χ2v) is 10.7. The summed E-state index contributed by atoms with van der Waals surface area (Å²) in [5.74, 6) is 0.916. The smallest absolute Gasteiger partial charge is 0.438 e. The number of alkyl halides is 1. The minimum atomic E-state index is -1.39. The van der Waals surface area contributed by atoms with Crippen molar-refractivity contribution in [1.82, 2.24) is 0 Å². The Hall–Kier alpha value is -1.00. The normalized spacial score (nSPS) is 11.1. The fraction of sp³-hybridized carbons (Fsp3) is 0.417. The van der Waals surface area contributed by atoms with E-state index in [1.54, 1.807) is 12.1 Å². The highest BCUT2D eigenvalue weighted by Gasteiger charge is 2.17. The average Bonchev–Trinajstić information content (AvgIpc) is 2.27. The van der Waals surface area contributed by atoms with E-state index in [-0.39, 0.29) is 0 Å². The molecule has 94 valence electrons. The van der Waals surface area contributed by atoms with Gasteiger partial charge in [-0.1, -0.05) is 31.8 Å². The Morgan fingerprint density at radius 2 is 1.82 bits per heavy atom. The second-order valence-electron chi connectivity index (χ2n) is 4.98. The number of ether oxygens (including phenoxy) is 2. The summed E-state index contributed by atoms with van der Waals surface area (Å²) in [4.78, 5) is 11.4. The van der Waals surface area contributed by atoms with Crippen LogP contribution in [0, 0.1) is 0 Å². The highest BCUT2D eigenvalue weighted by molar-refractivity contribution is 6.76. The number of hydrogen-bond donors (Lipinski definition) is 0. The summed E-state index contributed by atoms with van der Waals surface area (Å²) in [6.07, 6.45) is -0.183. The van der Waals surface area contributed by atoms with Crippen molar-refractivity contribution < 1.29 is 14.3 Å². The van der Waals surface area contributed by atoms with E-state index in [0.29, 0.717) is 17.9 Å². The lowest BCUT2D eigenvalue weighted by atomic mass is 10.2. The van der Waals surface area contributed by atoms with Crippen LogP contribution in [0.3, 0.4) is 0 Å². The lowest BCUT2D eigenvalue weighted by Gasteiger charge is -2.15. The van der Waals surface area contributed by atoms with Crippen LogP contribution in [0.4, 0.5) is 4.79 Å². The van der Waals surface area contributed by atoms with E-state index in [9.17, 15) is 4.79 Å². The highest BCUT2D eigenvalue weighted by atomic mass is 35.5. The molecule has 0 atom stereocenters. The van der Waals surface area contributed by atoms with Gasteiger partial charge in [0.1, 0.15) is 5.75 Å². The first-order chi connectivity index (χ1) is 7.90. The van der Waals surface area contributed by atoms with Gasteiger partial charge < -0.3 is 9.47 Å². The lowest BCUT2D eigenvalue weighted by Crippen LogP contribution is -2.30. The number of benzene rings is 1. The van der Waals surface area contributed by atoms with Gasteiger partial charge in [0.05, 0.1) is 14.3 Å². The molecule has 0 spiro atoms. The molecule has 0 radical (unpaired) electrons. The van der Waals surface area contributed by atoms with Gasteiger partial charge in [-0.3, -0.25) is 0 Å². The number of rotatable bonds is 4. The number of halogens is 1. The zero-order valence-corrected chi connectivity index (χ0v) is 12.1. The third-order valence-corrected chi connectivity index (χ3v) is 3.22. The molecule has 3 nitrogen and oxygen atoms in total. The fourth-order valence-corrected chi connectivity index (χ4v) is 1.78. The largest absolute Gasteiger partial charge is 0.513 e. The molecule has 0 heterocycles. The number of carbonyl (C=O) groups is 1. The average molecular weight is 273 g/mol. The Morgan fingerprint density at radius 1 is 1.24 bits per heavy atom. The molecule has 17 heavy (non-hydrogen) atoms. The summed E-state index contributed by atoms with van der Waals surface area (Å²) >= 11 is 5.66. The van der Waals surface area contributed by atoms with E-state index in [1.165, 1.54) is 0 Å². The highest BCUT2D eigenvalue weighted by Crippen LogP contribution is 2.14. The van der Waals surface area contributed by atoms with Crippen LogP contribution in [-0.4, -0.2) is 20.5 Å². The van der Waals surface area contributed by atoms with Gasteiger partial charge in [0.25, 0.3) is 0 Å². The lowest BCUT2D eigenvalue weighted by molar-refractivity contribution is 0.113. The van der Waals surface area contributed by atoms with Crippen molar-refractivity contribution in [2.45, 2.75) is 25.5 Å². The van der Waals surface area contributed by atoms with Crippen molar-refractivity contribution in [2.75, 3.05) is 6.23 Å². The molecule has 0 aliphatic rings. The summed E-state index contributed by atoms with van der Waals surface area (Å²) in [5.41, 5.74) is 0.981. The van der Waals surface area contributed by atoms with Gasteiger partial charge in [0.2, 0.25) is 0 Å². The van der Waals surface area contributed by atoms with Crippen LogP contribution in [0.15, 0.2) is 24.3 Å². The predicted molar refractivity (Wildman–Crippen MR) is 71.3 cm³/mol. The minimum absolute atomic E-state index is 0.445. The predicted octanol–water partition coefficient (Wildman–Crippen LogP) is 3.82. The first kappa shape index (κ1) is 14.1. The third-order valence-electron chi connectivity index (χ3n) is 1.90. The van der Waals surface area contributed by atoms with Gasteiger partial charge in [-0.05, 0) is 17.7 Å². The minimum Gasteiger partial charge on any atom is -0.438 e. The Balaban J connectivity index is 2.45. The Morgan fingerprint density at radius 3 is 2.29 bits per heavy atom. The molecule has 1 aromatic rings. The first-order valence-electron chi connectivity index (χ1n) is 5.40. The summed E-state index contributed by atoms with van der Waals surface area (Å²) in [6, 6.07) is 7.03. The van der Waals surface area contributed by atoms with Crippen LogP contribution in [0.25, 0.3) is 0 Å². The van der Waals surface area contributed by atoms with Gasteiger partial charge in [0, 0.05) is 5.88 Å². The van der Waals surface area contributed by atoms with Crippen molar-refractivity contribution >= 4 is 25.8 Å². The van der Waals surface area contributed by atoms with E-state index >= 15 is 0 Å². The molecular weight excluding hydrogens is 256 g/mol. The summed E-state index contributed by atoms with van der Waals surface area (Å²) < 4.78 is 10.1. The van der Waals surface area contributed by atoms with Crippen LogP contribution >= 0.6 is 11.6 Å². The molecule has 0 fully saturated rings. The van der Waals surface area contributed by atoms with E-state index in [4.69, 9.17) is 21.1 Å². The van der Waals surface area contributed by atoms with Crippen LogP contribution < -0.4 is 4.74 Å². The molecule has 0 N–H and O–H groups in total. The molecule has 0 aromatic heterocycles. The molecule has 0 bridgehead atoms. The second kappa shape index (κ2) is 6.07. The standard InChI is InChI=1S/C12H17ClO3Si/c1-17(2,3)9-15-12(14)16-11-6-4-10(8-13)5-7-11/h4-7H,8-9H2,1-3H3. The van der Waals surface area contributed by atoms with Gasteiger partial charge >= 0.3 is 6.16 Å². The van der Waals surface area contributed by atoms with Crippen LogP contribution in [-0.2, 0) is 10.6 Å². The molecule has 1 rings (SSSR count). The zero-order chi connectivity index (χ0) is 12.9. The monoisotopic (exact) mass is 272 g/mol. The first-order valence-corrected chi connectivity index (χ1v) is 9.64. The fourth-order valence-electron chi connectivity index (χ4n) is 1.05. The third kappa shape index (κ3) is 5.75. The maximum absolute atomic E-state index is 11.4. The maximum Gasteiger partial charge on any atom is 0.513 e. The van der Waals surface area contributed by atoms with E-state index in [0.717, 1.165) is 5.56 Å². The van der Waals surface area contributed by atoms with E-state index < -0.39 is 14.2 Å². The Labute approximate surface area is 108 Å². The van der Waals surface area contributed by atoms with Gasteiger partial charge in [-0.25, -0.2) is 4.79 Å². The van der Waals surface area contributed by atoms with Crippen molar-refractivity contribution in [3.63, 3.8) is 0 Å². The van der Waals surface area contributed by atoms with Crippen LogP contribution in [0.5, 0.6) is 5.75 Å². The molecular formula is C12H17ClO3Si. The van der Waals surface area contributed by atoms with Crippen molar-refractivity contribution in [1.29, 1.82) is 0 Å². The van der Waals surface area contributed by atoms with E-state index in [1.807, 2.05) is 12.1 Å². The SMILES string of the molecule is C[Si](C)(C)COC(=O)Oc1ccc(CCl)cc1. The molecule has 5 heteroatoms. The molecule has 0 aliphatic heterocycles. The quantitative estimate of drug-likeness (QED) is 0.362.